The van der Waals surface area contributed by atoms with E-state index in [1.807, 2.05) is 56.3 Å². The number of hydrogen-bond acceptors (Lipinski definition) is 3. The highest BCUT2D eigenvalue weighted by Crippen LogP contribution is 2.32. The molecular weight excluding hydrogens is 359 g/mol. The first-order valence-corrected chi connectivity index (χ1v) is 10.3. The zero-order chi connectivity index (χ0) is 20.0. The Morgan fingerprint density at radius 3 is 2.41 bits per heavy atom. The van der Waals surface area contributed by atoms with E-state index in [-0.39, 0.29) is 12.5 Å². The van der Waals surface area contributed by atoms with E-state index in [4.69, 9.17) is 0 Å². The number of alkyl halides is 1. The molecule has 1 aliphatic rings. The molecule has 0 radical (unpaired) electrons. The minimum absolute atomic E-state index is 0.0301. The maximum atomic E-state index is 14.9. The van der Waals surface area contributed by atoms with Crippen LogP contribution in [0.4, 0.5) is 10.1 Å². The lowest BCUT2D eigenvalue weighted by Gasteiger charge is -2.22. The Morgan fingerprint density at radius 1 is 1.15 bits per heavy atom. The first kappa shape index (κ1) is 21.5. The van der Waals surface area contributed by atoms with Gasteiger partial charge in [0.25, 0.3) is 0 Å². The van der Waals surface area contributed by atoms with Gasteiger partial charge in [-0.3, -0.25) is 9.52 Å². The lowest BCUT2D eigenvalue weighted by molar-refractivity contribution is -0.115. The molecule has 1 aliphatic heterocycles. The number of fused-ring (bicyclic) bond motifs is 1. The van der Waals surface area contributed by atoms with Crippen LogP contribution in [0, 0.1) is 0 Å². The highest BCUT2D eigenvalue weighted by Gasteiger charge is 2.25. The van der Waals surface area contributed by atoms with Gasteiger partial charge in [-0.15, -0.1) is 0 Å². The van der Waals surface area contributed by atoms with Gasteiger partial charge in [0, 0.05) is 17.5 Å². The van der Waals surface area contributed by atoms with Crippen molar-refractivity contribution in [3.63, 3.8) is 0 Å². The smallest absolute Gasteiger partial charge is 0.228 e. The number of hydrogen-bond donors (Lipinski definition) is 2. The average molecular weight is 389 g/mol. The molecule has 1 amide bonds. The summed E-state index contributed by atoms with van der Waals surface area (Å²) in [5.41, 5.74) is 3.15. The van der Waals surface area contributed by atoms with E-state index in [1.54, 1.807) is 6.92 Å². The van der Waals surface area contributed by atoms with Crippen LogP contribution >= 0.6 is 11.9 Å². The lowest BCUT2D eigenvalue weighted by Crippen LogP contribution is -2.29. The number of anilines is 1. The third kappa shape index (κ3) is 5.56. The van der Waals surface area contributed by atoms with E-state index in [0.29, 0.717) is 17.2 Å². The Kier molecular flexibility index (Phi) is 7.45. The Bertz CT molecular complexity index is 772. The van der Waals surface area contributed by atoms with E-state index in [9.17, 15) is 9.18 Å². The summed E-state index contributed by atoms with van der Waals surface area (Å²) >= 11 is 1.54. The molecular formula is C22H29FN2OS. The molecule has 1 heterocycles. The molecule has 3 nitrogen and oxygen atoms in total. The monoisotopic (exact) mass is 388 g/mol. The van der Waals surface area contributed by atoms with Crippen LogP contribution in [-0.2, 0) is 16.9 Å². The van der Waals surface area contributed by atoms with E-state index in [0.717, 1.165) is 22.4 Å². The van der Waals surface area contributed by atoms with Crippen molar-refractivity contribution in [2.45, 2.75) is 52.0 Å². The standard InChI is InChI=1S/C20H23FN2OS.C2H6/c1-13(2)25-22-12-20(3,21)17-8-6-14(7-9-17)15-4-5-16-11-19(24)23-18(16)10-15;1-2/h4-10,13,22H,11-12H2,1-3H3,(H,23,24);1-2H3. The summed E-state index contributed by atoms with van der Waals surface area (Å²) in [5, 5.41) is 3.28. The second-order valence-electron chi connectivity index (χ2n) is 6.86. The number of nitrogens with one attached hydrogen (secondary N) is 2. The van der Waals surface area contributed by atoms with Crippen molar-refractivity contribution in [1.29, 1.82) is 0 Å². The molecule has 1 atom stereocenters. The Labute approximate surface area is 166 Å². The molecule has 0 aliphatic carbocycles. The lowest BCUT2D eigenvalue weighted by atomic mass is 9.95. The van der Waals surface area contributed by atoms with Gasteiger partial charge in [-0.25, -0.2) is 4.39 Å². The first-order chi connectivity index (χ1) is 12.8. The summed E-state index contributed by atoms with van der Waals surface area (Å²) in [7, 11) is 0. The van der Waals surface area contributed by atoms with E-state index in [2.05, 4.69) is 23.9 Å². The maximum absolute atomic E-state index is 14.9. The average Bonchev–Trinajstić information content (AvgIpc) is 3.02. The third-order valence-electron chi connectivity index (χ3n) is 4.28. The quantitative estimate of drug-likeness (QED) is 0.623. The fraction of sp³-hybridized carbons (Fsp3) is 0.409. The topological polar surface area (TPSA) is 41.1 Å². The minimum Gasteiger partial charge on any atom is -0.326 e. The van der Waals surface area contributed by atoms with Gasteiger partial charge >= 0.3 is 0 Å². The summed E-state index contributed by atoms with van der Waals surface area (Å²) < 4.78 is 18.0. The molecule has 0 bridgehead atoms. The largest absolute Gasteiger partial charge is 0.326 e. The summed E-state index contributed by atoms with van der Waals surface area (Å²) in [4.78, 5) is 11.5. The van der Waals surface area contributed by atoms with Crippen molar-refractivity contribution in [2.75, 3.05) is 11.9 Å². The number of carbonyl (C=O) groups is 1. The summed E-state index contributed by atoms with van der Waals surface area (Å²) in [6.45, 7) is 10.0. The van der Waals surface area contributed by atoms with E-state index in [1.165, 1.54) is 11.9 Å². The zero-order valence-electron chi connectivity index (χ0n) is 16.7. The van der Waals surface area contributed by atoms with Crippen LogP contribution in [0.3, 0.4) is 0 Å². The summed E-state index contributed by atoms with van der Waals surface area (Å²) in [5.74, 6) is 0.0301. The van der Waals surface area contributed by atoms with Gasteiger partial charge in [-0.1, -0.05) is 76.0 Å². The highest BCUT2D eigenvalue weighted by molar-refractivity contribution is 7.97. The van der Waals surface area contributed by atoms with Crippen molar-refractivity contribution in [3.8, 4) is 11.1 Å². The number of rotatable bonds is 6. The summed E-state index contributed by atoms with van der Waals surface area (Å²) in [6, 6.07) is 13.5. The highest BCUT2D eigenvalue weighted by atomic mass is 32.2. The van der Waals surface area contributed by atoms with Gasteiger partial charge in [-0.2, -0.15) is 0 Å². The molecule has 27 heavy (non-hydrogen) atoms. The minimum atomic E-state index is -1.42. The van der Waals surface area contributed by atoms with Crippen LogP contribution < -0.4 is 10.0 Å². The molecule has 5 heteroatoms. The first-order valence-electron chi connectivity index (χ1n) is 9.46. The predicted molar refractivity (Wildman–Crippen MR) is 115 cm³/mol. The van der Waals surface area contributed by atoms with Crippen molar-refractivity contribution in [2.24, 2.45) is 0 Å². The second kappa shape index (κ2) is 9.38. The third-order valence-corrected chi connectivity index (χ3v) is 5.06. The van der Waals surface area contributed by atoms with Gasteiger partial charge in [0.05, 0.1) is 6.42 Å². The van der Waals surface area contributed by atoms with Crippen molar-refractivity contribution < 1.29 is 9.18 Å². The fourth-order valence-electron chi connectivity index (χ4n) is 2.85. The van der Waals surface area contributed by atoms with Crippen LogP contribution in [0.15, 0.2) is 42.5 Å². The normalized spacial score (nSPS) is 14.9. The second-order valence-corrected chi connectivity index (χ2v) is 8.33. The fourth-order valence-corrected chi connectivity index (χ4v) is 3.54. The molecule has 2 aromatic carbocycles. The van der Waals surface area contributed by atoms with Crippen molar-refractivity contribution in [3.05, 3.63) is 53.6 Å². The molecule has 2 N–H and O–H groups in total. The maximum Gasteiger partial charge on any atom is 0.228 e. The van der Waals surface area contributed by atoms with Gasteiger partial charge < -0.3 is 5.32 Å². The molecule has 0 aromatic heterocycles. The Morgan fingerprint density at radius 2 is 1.78 bits per heavy atom. The van der Waals surface area contributed by atoms with Crippen molar-refractivity contribution in [1.82, 2.24) is 4.72 Å². The van der Waals surface area contributed by atoms with Gasteiger partial charge in [0.1, 0.15) is 5.67 Å². The number of benzene rings is 2. The number of carbonyl (C=O) groups excluding carboxylic acids is 1. The predicted octanol–water partition coefficient (Wildman–Crippen LogP) is 5.71. The van der Waals surface area contributed by atoms with Gasteiger partial charge in [-0.05, 0) is 35.2 Å². The van der Waals surface area contributed by atoms with E-state index < -0.39 is 5.67 Å². The van der Waals surface area contributed by atoms with Crippen LogP contribution in [0.5, 0.6) is 0 Å². The van der Waals surface area contributed by atoms with Crippen LogP contribution in [0.25, 0.3) is 11.1 Å². The van der Waals surface area contributed by atoms with Gasteiger partial charge in [0.15, 0.2) is 0 Å². The molecule has 0 saturated carbocycles. The van der Waals surface area contributed by atoms with Crippen LogP contribution in [-0.4, -0.2) is 17.7 Å². The molecule has 146 valence electrons. The van der Waals surface area contributed by atoms with E-state index >= 15 is 0 Å². The molecule has 2 aromatic rings. The summed E-state index contributed by atoms with van der Waals surface area (Å²) in [6.07, 6.45) is 0.441. The Balaban J connectivity index is 0.00000126. The molecule has 3 rings (SSSR count). The SMILES string of the molecule is CC.CC(C)SNCC(C)(F)c1ccc(-c2ccc3c(c2)NC(=O)C3)cc1. The number of halogens is 1. The zero-order valence-corrected chi connectivity index (χ0v) is 17.5. The van der Waals surface area contributed by atoms with Crippen molar-refractivity contribution >= 4 is 23.5 Å². The van der Waals surface area contributed by atoms with Crippen LogP contribution in [0.1, 0.15) is 45.7 Å². The molecule has 1 unspecified atom stereocenters. The molecule has 0 spiro atoms. The molecule has 0 saturated heterocycles. The molecule has 0 fully saturated rings. The Hall–Kier alpha value is -1.85. The number of amides is 1. The van der Waals surface area contributed by atoms with Gasteiger partial charge in [0.2, 0.25) is 5.91 Å². The van der Waals surface area contributed by atoms with Crippen LogP contribution in [0.2, 0.25) is 0 Å².